The van der Waals surface area contributed by atoms with E-state index < -0.39 is 0 Å². The van der Waals surface area contributed by atoms with Gasteiger partial charge in [-0.25, -0.2) is 4.39 Å². The van der Waals surface area contributed by atoms with Crippen LogP contribution in [0.2, 0.25) is 0 Å². The van der Waals surface area contributed by atoms with Crippen molar-refractivity contribution in [2.45, 2.75) is 39.2 Å². The molecule has 0 fully saturated rings. The number of amides is 1. The molecule has 0 radical (unpaired) electrons. The Labute approximate surface area is 126 Å². The van der Waals surface area contributed by atoms with Gasteiger partial charge in [0.1, 0.15) is 5.82 Å². The Morgan fingerprint density at radius 2 is 1.80 bits per heavy atom. The summed E-state index contributed by atoms with van der Waals surface area (Å²) in [5.41, 5.74) is 6.44. The number of hydrogen-bond donors (Lipinski definition) is 2. The molecule has 0 saturated carbocycles. The first-order valence-electron chi connectivity index (χ1n) is 6.53. The van der Waals surface area contributed by atoms with E-state index in [0.717, 1.165) is 5.56 Å². The van der Waals surface area contributed by atoms with Crippen molar-refractivity contribution < 1.29 is 9.18 Å². The van der Waals surface area contributed by atoms with E-state index in [1.807, 2.05) is 27.7 Å². The van der Waals surface area contributed by atoms with Crippen molar-refractivity contribution >= 4 is 18.3 Å². The van der Waals surface area contributed by atoms with Crippen LogP contribution < -0.4 is 11.1 Å². The highest BCUT2D eigenvalue weighted by molar-refractivity contribution is 5.85. The highest BCUT2D eigenvalue weighted by Gasteiger charge is 2.23. The Morgan fingerprint density at radius 3 is 2.25 bits per heavy atom. The van der Waals surface area contributed by atoms with Crippen LogP contribution in [0.15, 0.2) is 24.3 Å². The lowest BCUT2D eigenvalue weighted by molar-refractivity contribution is -0.125. The van der Waals surface area contributed by atoms with Crippen LogP contribution in [0.3, 0.4) is 0 Å². The Balaban J connectivity index is 0.00000361. The topological polar surface area (TPSA) is 55.1 Å². The van der Waals surface area contributed by atoms with E-state index in [2.05, 4.69) is 5.32 Å². The molecule has 5 heteroatoms. The minimum atomic E-state index is -0.255. The maximum absolute atomic E-state index is 12.9. The van der Waals surface area contributed by atoms with Crippen LogP contribution in [0.4, 0.5) is 4.39 Å². The monoisotopic (exact) mass is 302 g/mol. The van der Waals surface area contributed by atoms with E-state index in [1.54, 1.807) is 12.1 Å². The number of carbonyl (C=O) groups is 1. The highest BCUT2D eigenvalue weighted by atomic mass is 35.5. The lowest BCUT2D eigenvalue weighted by atomic mass is 9.84. The third-order valence-electron chi connectivity index (χ3n) is 3.53. The van der Waals surface area contributed by atoms with E-state index in [1.165, 1.54) is 12.1 Å². The van der Waals surface area contributed by atoms with Gasteiger partial charge in [0.05, 0.1) is 0 Å². The zero-order valence-corrected chi connectivity index (χ0v) is 13.3. The molecule has 0 aliphatic carbocycles. The van der Waals surface area contributed by atoms with E-state index >= 15 is 0 Å². The molecule has 2 atom stereocenters. The van der Waals surface area contributed by atoms with Crippen LogP contribution in [0.25, 0.3) is 0 Å². The average Bonchev–Trinajstić information content (AvgIpc) is 2.35. The van der Waals surface area contributed by atoms with Crippen molar-refractivity contribution in [3.8, 4) is 0 Å². The quantitative estimate of drug-likeness (QED) is 0.878. The summed E-state index contributed by atoms with van der Waals surface area (Å²) in [7, 11) is 0. The molecule has 1 rings (SSSR count). The number of benzene rings is 1. The molecule has 0 heterocycles. The summed E-state index contributed by atoms with van der Waals surface area (Å²) in [5, 5.41) is 2.90. The predicted octanol–water partition coefficient (Wildman–Crippen LogP) is 2.62. The second kappa shape index (κ2) is 7.60. The Kier molecular flexibility index (Phi) is 7.17. The van der Waals surface area contributed by atoms with Crippen LogP contribution in [-0.4, -0.2) is 18.5 Å². The normalized spacial score (nSPS) is 14.1. The van der Waals surface area contributed by atoms with Gasteiger partial charge in [-0.15, -0.1) is 12.4 Å². The Morgan fingerprint density at radius 1 is 1.30 bits per heavy atom. The predicted molar refractivity (Wildman–Crippen MR) is 82.5 cm³/mol. The molecule has 1 aromatic carbocycles. The first-order valence-corrected chi connectivity index (χ1v) is 6.53. The summed E-state index contributed by atoms with van der Waals surface area (Å²) in [5.74, 6) is -0.525. The molecule has 114 valence electrons. The number of nitrogens with one attached hydrogen (secondary N) is 1. The number of halogens is 2. The number of carbonyl (C=O) groups excluding carboxylic acids is 1. The molecule has 2 unspecified atom stereocenters. The van der Waals surface area contributed by atoms with Gasteiger partial charge in [-0.05, 0) is 24.6 Å². The van der Waals surface area contributed by atoms with E-state index in [0.29, 0.717) is 6.54 Å². The van der Waals surface area contributed by atoms with E-state index in [4.69, 9.17) is 5.73 Å². The first kappa shape index (κ1) is 18.9. The van der Waals surface area contributed by atoms with Crippen molar-refractivity contribution in [1.29, 1.82) is 0 Å². The van der Waals surface area contributed by atoms with Crippen molar-refractivity contribution in [2.24, 2.45) is 11.7 Å². The molecule has 0 saturated heterocycles. The maximum Gasteiger partial charge on any atom is 0.224 e. The standard InChI is InChI=1S/C15H23FN2O.ClH/c1-10(11(2)17)14(19)18-9-15(3,4)12-5-7-13(16)8-6-12;/h5-8,10-11H,9,17H2,1-4H3,(H,18,19);1H. The molecule has 0 spiro atoms. The van der Waals surface area contributed by atoms with Gasteiger partial charge in [-0.2, -0.15) is 0 Å². The summed E-state index contributed by atoms with van der Waals surface area (Å²) in [6, 6.07) is 6.19. The lowest BCUT2D eigenvalue weighted by Crippen LogP contribution is -2.43. The number of rotatable bonds is 5. The van der Waals surface area contributed by atoms with Gasteiger partial charge in [0, 0.05) is 23.9 Å². The summed E-state index contributed by atoms with van der Waals surface area (Å²) in [6.07, 6.45) is 0. The molecule has 0 bridgehead atoms. The molecule has 3 nitrogen and oxygen atoms in total. The zero-order valence-electron chi connectivity index (χ0n) is 12.4. The van der Waals surface area contributed by atoms with Crippen LogP contribution >= 0.6 is 12.4 Å². The van der Waals surface area contributed by atoms with Crippen LogP contribution in [0.5, 0.6) is 0 Å². The summed E-state index contributed by atoms with van der Waals surface area (Å²) in [6.45, 7) is 8.14. The van der Waals surface area contributed by atoms with Gasteiger partial charge in [0.2, 0.25) is 5.91 Å². The van der Waals surface area contributed by atoms with Crippen LogP contribution in [0, 0.1) is 11.7 Å². The van der Waals surface area contributed by atoms with Crippen LogP contribution in [-0.2, 0) is 10.2 Å². The number of hydrogen-bond acceptors (Lipinski definition) is 2. The van der Waals surface area contributed by atoms with Gasteiger partial charge >= 0.3 is 0 Å². The molecular formula is C15H24ClFN2O. The fourth-order valence-electron chi connectivity index (χ4n) is 1.71. The van der Waals surface area contributed by atoms with Gasteiger partial charge < -0.3 is 11.1 Å². The second-order valence-electron chi connectivity index (χ2n) is 5.76. The molecule has 0 aliphatic rings. The Bertz CT molecular complexity index is 432. The maximum atomic E-state index is 12.9. The first-order chi connectivity index (χ1) is 8.74. The fraction of sp³-hybridized carbons (Fsp3) is 0.533. The minimum Gasteiger partial charge on any atom is -0.355 e. The second-order valence-corrected chi connectivity index (χ2v) is 5.76. The third-order valence-corrected chi connectivity index (χ3v) is 3.53. The number of nitrogens with two attached hydrogens (primary N) is 1. The average molecular weight is 303 g/mol. The van der Waals surface area contributed by atoms with Gasteiger partial charge in [-0.3, -0.25) is 4.79 Å². The smallest absolute Gasteiger partial charge is 0.224 e. The third kappa shape index (κ3) is 5.10. The highest BCUT2D eigenvalue weighted by Crippen LogP contribution is 2.22. The molecule has 0 aromatic heterocycles. The van der Waals surface area contributed by atoms with Gasteiger partial charge in [0.25, 0.3) is 0 Å². The SMILES string of the molecule is CC(N)C(C)C(=O)NCC(C)(C)c1ccc(F)cc1.Cl. The zero-order chi connectivity index (χ0) is 14.6. The summed E-state index contributed by atoms with van der Waals surface area (Å²) >= 11 is 0. The Hall–Kier alpha value is -1.13. The largest absolute Gasteiger partial charge is 0.355 e. The summed E-state index contributed by atoms with van der Waals surface area (Å²) in [4.78, 5) is 11.9. The molecule has 1 aromatic rings. The van der Waals surface area contributed by atoms with Crippen molar-refractivity contribution in [3.05, 3.63) is 35.6 Å². The van der Waals surface area contributed by atoms with E-state index in [9.17, 15) is 9.18 Å². The lowest BCUT2D eigenvalue weighted by Gasteiger charge is -2.27. The minimum absolute atomic E-state index is 0. The molecular weight excluding hydrogens is 279 g/mol. The molecule has 3 N–H and O–H groups in total. The van der Waals surface area contributed by atoms with Gasteiger partial charge in [-0.1, -0.05) is 32.9 Å². The van der Waals surface area contributed by atoms with Crippen LogP contribution in [0.1, 0.15) is 33.3 Å². The van der Waals surface area contributed by atoms with Crippen molar-refractivity contribution in [2.75, 3.05) is 6.54 Å². The summed E-state index contributed by atoms with van der Waals surface area (Å²) < 4.78 is 12.9. The fourth-order valence-corrected chi connectivity index (χ4v) is 1.71. The van der Waals surface area contributed by atoms with Crippen molar-refractivity contribution in [1.82, 2.24) is 5.32 Å². The van der Waals surface area contributed by atoms with E-state index in [-0.39, 0.29) is 41.5 Å². The molecule has 1 amide bonds. The molecule has 20 heavy (non-hydrogen) atoms. The molecule has 0 aliphatic heterocycles. The van der Waals surface area contributed by atoms with Crippen molar-refractivity contribution in [3.63, 3.8) is 0 Å². The van der Waals surface area contributed by atoms with Gasteiger partial charge in [0.15, 0.2) is 0 Å².